The molecule has 1 aliphatic heterocycles. The molecule has 0 bridgehead atoms. The van der Waals surface area contributed by atoms with Gasteiger partial charge in [0.2, 0.25) is 5.91 Å². The summed E-state index contributed by atoms with van der Waals surface area (Å²) in [7, 11) is 0. The molecule has 1 aromatic carbocycles. The third-order valence-corrected chi connectivity index (χ3v) is 4.22. The molecular weight excluding hydrogens is 340 g/mol. The molecule has 0 saturated carbocycles. The molecule has 1 atom stereocenters. The Morgan fingerprint density at radius 3 is 2.64 bits per heavy atom. The second-order valence-corrected chi connectivity index (χ2v) is 6.31. The van der Waals surface area contributed by atoms with Crippen LogP contribution in [0.3, 0.4) is 0 Å². The maximum atomic E-state index is 12.1. The minimum atomic E-state index is -0.0446. The maximum Gasteiger partial charge on any atom is 0.220 e. The Morgan fingerprint density at radius 2 is 2.00 bits per heavy atom. The fourth-order valence-corrected chi connectivity index (χ4v) is 2.77. The van der Waals surface area contributed by atoms with Crippen molar-refractivity contribution in [2.24, 2.45) is 5.92 Å². The van der Waals surface area contributed by atoms with Crippen molar-refractivity contribution in [2.75, 3.05) is 26.2 Å². The summed E-state index contributed by atoms with van der Waals surface area (Å²) in [4.78, 5) is 24.0. The van der Waals surface area contributed by atoms with Gasteiger partial charge in [-0.3, -0.25) is 9.59 Å². The molecule has 1 saturated heterocycles. The van der Waals surface area contributed by atoms with Crippen LogP contribution in [0, 0.1) is 5.92 Å². The quantitative estimate of drug-likeness (QED) is 0.657. The van der Waals surface area contributed by atoms with E-state index in [1.54, 1.807) is 24.3 Å². The number of hydrogen-bond acceptors (Lipinski definition) is 4. The number of carbonyl (C=O) groups excluding carboxylic acids is 2. The molecule has 1 amide bonds. The number of Topliss-reactive ketones (excluding diaryl/α,β-unsaturated/α-hetero) is 1. The van der Waals surface area contributed by atoms with Crippen LogP contribution in [0.5, 0.6) is 5.75 Å². The highest BCUT2D eigenvalue weighted by Crippen LogP contribution is 2.14. The molecule has 1 aromatic rings. The summed E-state index contributed by atoms with van der Waals surface area (Å²) in [5, 5.41) is 6.27. The SMILES string of the molecule is CCCOc1ccc(C(=O)CCC(=O)NCC2CCCNC2)cc1.Cl. The summed E-state index contributed by atoms with van der Waals surface area (Å²) in [6.07, 6.45) is 3.75. The van der Waals surface area contributed by atoms with Crippen molar-refractivity contribution in [3.05, 3.63) is 29.8 Å². The van der Waals surface area contributed by atoms with Crippen molar-refractivity contribution in [2.45, 2.75) is 39.0 Å². The first-order valence-corrected chi connectivity index (χ1v) is 8.92. The molecule has 0 spiro atoms. The third-order valence-electron chi connectivity index (χ3n) is 4.22. The van der Waals surface area contributed by atoms with Crippen LogP contribution in [0.25, 0.3) is 0 Å². The number of ether oxygens (including phenoxy) is 1. The van der Waals surface area contributed by atoms with Crippen molar-refractivity contribution in [3.8, 4) is 5.75 Å². The molecule has 25 heavy (non-hydrogen) atoms. The Labute approximate surface area is 156 Å². The predicted molar refractivity (Wildman–Crippen MR) is 102 cm³/mol. The van der Waals surface area contributed by atoms with Crippen molar-refractivity contribution < 1.29 is 14.3 Å². The van der Waals surface area contributed by atoms with E-state index in [0.29, 0.717) is 24.6 Å². The number of benzene rings is 1. The number of ketones is 1. The van der Waals surface area contributed by atoms with E-state index in [2.05, 4.69) is 10.6 Å². The van der Waals surface area contributed by atoms with Gasteiger partial charge in [0.1, 0.15) is 5.75 Å². The summed E-state index contributed by atoms with van der Waals surface area (Å²) < 4.78 is 5.50. The van der Waals surface area contributed by atoms with Crippen LogP contribution in [0.15, 0.2) is 24.3 Å². The lowest BCUT2D eigenvalue weighted by Crippen LogP contribution is -2.38. The van der Waals surface area contributed by atoms with Crippen LogP contribution in [-0.4, -0.2) is 37.9 Å². The Morgan fingerprint density at radius 1 is 1.24 bits per heavy atom. The molecule has 1 aliphatic rings. The second-order valence-electron chi connectivity index (χ2n) is 6.31. The molecule has 6 heteroatoms. The largest absolute Gasteiger partial charge is 0.494 e. The zero-order valence-corrected chi connectivity index (χ0v) is 15.7. The van der Waals surface area contributed by atoms with Gasteiger partial charge in [-0.25, -0.2) is 0 Å². The summed E-state index contributed by atoms with van der Waals surface area (Å²) in [5.74, 6) is 1.23. The highest BCUT2D eigenvalue weighted by Gasteiger charge is 2.14. The van der Waals surface area contributed by atoms with Gasteiger partial charge >= 0.3 is 0 Å². The average molecular weight is 369 g/mol. The minimum Gasteiger partial charge on any atom is -0.494 e. The highest BCUT2D eigenvalue weighted by atomic mass is 35.5. The fraction of sp³-hybridized carbons (Fsp3) is 0.579. The lowest BCUT2D eigenvalue weighted by molar-refractivity contribution is -0.121. The van der Waals surface area contributed by atoms with Gasteiger partial charge in [0.05, 0.1) is 6.61 Å². The second kappa shape index (κ2) is 11.9. The van der Waals surface area contributed by atoms with E-state index < -0.39 is 0 Å². The van der Waals surface area contributed by atoms with Crippen LogP contribution in [0.1, 0.15) is 49.4 Å². The van der Waals surface area contributed by atoms with Gasteiger partial charge in [-0.1, -0.05) is 6.92 Å². The number of hydrogen-bond donors (Lipinski definition) is 2. The molecule has 1 unspecified atom stereocenters. The van der Waals surface area contributed by atoms with Crippen LogP contribution in [0.2, 0.25) is 0 Å². The number of halogens is 1. The standard InChI is InChI=1S/C19H28N2O3.ClH/c1-2-12-24-17-7-5-16(6-8-17)18(22)9-10-19(23)21-14-15-4-3-11-20-13-15;/h5-8,15,20H,2-4,9-14H2,1H3,(H,21,23);1H. The van der Waals surface area contributed by atoms with Gasteiger partial charge in [-0.05, 0) is 62.5 Å². The average Bonchev–Trinajstić information content (AvgIpc) is 2.64. The molecule has 2 rings (SSSR count). The van der Waals surface area contributed by atoms with Gasteiger partial charge < -0.3 is 15.4 Å². The number of nitrogens with one attached hydrogen (secondary N) is 2. The van der Waals surface area contributed by atoms with Gasteiger partial charge in [0.25, 0.3) is 0 Å². The van der Waals surface area contributed by atoms with Crippen LogP contribution >= 0.6 is 12.4 Å². The summed E-state index contributed by atoms with van der Waals surface area (Å²) in [5.41, 5.74) is 0.628. The molecule has 1 heterocycles. The molecule has 0 aromatic heterocycles. The Kier molecular flexibility index (Phi) is 10.2. The van der Waals surface area contributed by atoms with E-state index >= 15 is 0 Å². The number of amides is 1. The van der Waals surface area contributed by atoms with Crippen LogP contribution in [0.4, 0.5) is 0 Å². The molecule has 5 nitrogen and oxygen atoms in total. The van der Waals surface area contributed by atoms with Gasteiger partial charge in [-0.2, -0.15) is 0 Å². The number of carbonyl (C=O) groups is 2. The zero-order valence-electron chi connectivity index (χ0n) is 14.9. The maximum absolute atomic E-state index is 12.1. The van der Waals surface area contributed by atoms with Crippen molar-refractivity contribution in [3.63, 3.8) is 0 Å². The van der Waals surface area contributed by atoms with Gasteiger partial charge in [0, 0.05) is 24.9 Å². The predicted octanol–water partition coefficient (Wildman–Crippen LogP) is 2.98. The Bertz CT molecular complexity index is 528. The molecule has 2 N–H and O–H groups in total. The van der Waals surface area contributed by atoms with Gasteiger partial charge in [0.15, 0.2) is 5.78 Å². The van der Waals surface area contributed by atoms with Crippen molar-refractivity contribution >= 4 is 24.1 Å². The Balaban J connectivity index is 0.00000312. The van der Waals surface area contributed by atoms with E-state index in [4.69, 9.17) is 4.74 Å². The number of piperidine rings is 1. The highest BCUT2D eigenvalue weighted by molar-refractivity contribution is 5.98. The van der Waals surface area contributed by atoms with Crippen LogP contribution in [-0.2, 0) is 4.79 Å². The van der Waals surface area contributed by atoms with Gasteiger partial charge in [-0.15, -0.1) is 12.4 Å². The summed E-state index contributed by atoms with van der Waals surface area (Å²) >= 11 is 0. The zero-order chi connectivity index (χ0) is 17.2. The molecular formula is C19H29ClN2O3. The molecule has 140 valence electrons. The monoisotopic (exact) mass is 368 g/mol. The molecule has 0 aliphatic carbocycles. The molecule has 1 fully saturated rings. The van der Waals surface area contributed by atoms with E-state index in [0.717, 1.165) is 38.1 Å². The first-order valence-electron chi connectivity index (χ1n) is 8.92. The van der Waals surface area contributed by atoms with E-state index in [1.165, 1.54) is 0 Å². The first-order chi connectivity index (χ1) is 11.7. The summed E-state index contributed by atoms with van der Waals surface area (Å²) in [6.45, 7) is 5.45. The van der Waals surface area contributed by atoms with E-state index in [1.807, 2.05) is 6.92 Å². The third kappa shape index (κ3) is 7.88. The van der Waals surface area contributed by atoms with Crippen molar-refractivity contribution in [1.82, 2.24) is 10.6 Å². The van der Waals surface area contributed by atoms with Crippen LogP contribution < -0.4 is 15.4 Å². The smallest absolute Gasteiger partial charge is 0.220 e. The Hall–Kier alpha value is -1.59. The lowest BCUT2D eigenvalue weighted by atomic mass is 9.99. The minimum absolute atomic E-state index is 0. The molecule has 0 radical (unpaired) electrons. The number of rotatable bonds is 9. The summed E-state index contributed by atoms with van der Waals surface area (Å²) in [6, 6.07) is 7.13. The van der Waals surface area contributed by atoms with E-state index in [-0.39, 0.29) is 36.9 Å². The fourth-order valence-electron chi connectivity index (χ4n) is 2.77. The topological polar surface area (TPSA) is 67.4 Å². The normalized spacial score (nSPS) is 16.6. The lowest BCUT2D eigenvalue weighted by Gasteiger charge is -2.22. The van der Waals surface area contributed by atoms with Crippen molar-refractivity contribution in [1.29, 1.82) is 0 Å². The van der Waals surface area contributed by atoms with E-state index in [9.17, 15) is 9.59 Å². The first kappa shape index (κ1) is 21.5.